The molecule has 0 spiro atoms. The molecule has 1 heterocycles. The minimum atomic E-state index is 0.0625. The molecule has 4 nitrogen and oxygen atoms in total. The van der Waals surface area contributed by atoms with Crippen LogP contribution in [-0.2, 0) is 22.4 Å². The van der Waals surface area contributed by atoms with Gasteiger partial charge < -0.3 is 10.2 Å². The molecule has 29 heavy (non-hydrogen) atoms. The molecule has 3 rings (SSSR count). The number of piperidine rings is 1. The molecule has 0 aliphatic carbocycles. The minimum Gasteiger partial charge on any atom is -0.353 e. The summed E-state index contributed by atoms with van der Waals surface area (Å²) < 4.78 is 0. The monoisotopic (exact) mass is 432 g/mol. The number of likely N-dealkylation sites (tertiary alicyclic amines) is 1. The van der Waals surface area contributed by atoms with E-state index in [0.717, 1.165) is 30.4 Å². The van der Waals surface area contributed by atoms with Crippen LogP contribution < -0.4 is 5.32 Å². The van der Waals surface area contributed by atoms with E-state index in [1.54, 1.807) is 0 Å². The van der Waals surface area contributed by atoms with Crippen molar-refractivity contribution in [2.24, 2.45) is 0 Å². The van der Waals surface area contributed by atoms with Gasteiger partial charge in [0, 0.05) is 42.0 Å². The molecule has 0 atom stereocenters. The molecule has 2 amide bonds. The molecule has 0 saturated carbocycles. The summed E-state index contributed by atoms with van der Waals surface area (Å²) in [7, 11) is 0. The highest BCUT2D eigenvalue weighted by molar-refractivity contribution is 6.30. The van der Waals surface area contributed by atoms with E-state index in [2.05, 4.69) is 5.32 Å². The average Bonchev–Trinajstić information content (AvgIpc) is 2.73. The number of amides is 2. The third-order valence-electron chi connectivity index (χ3n) is 5.31. The SMILES string of the molecule is O=C(CCc1ccc(Cl)cc1)NC1CCN(C(=O)CCc2ccc(Cl)cc2)CC1. The highest BCUT2D eigenvalue weighted by atomic mass is 35.5. The van der Waals surface area contributed by atoms with E-state index in [9.17, 15) is 9.59 Å². The Hall–Kier alpha value is -2.04. The van der Waals surface area contributed by atoms with E-state index in [1.165, 1.54) is 0 Å². The van der Waals surface area contributed by atoms with E-state index in [4.69, 9.17) is 23.2 Å². The van der Waals surface area contributed by atoms with Crippen LogP contribution in [0.4, 0.5) is 0 Å². The lowest BCUT2D eigenvalue weighted by atomic mass is 10.0. The zero-order valence-corrected chi connectivity index (χ0v) is 17.9. The number of aryl methyl sites for hydroxylation is 2. The third kappa shape index (κ3) is 7.06. The van der Waals surface area contributed by atoms with Crippen LogP contribution in [0.1, 0.15) is 36.8 Å². The van der Waals surface area contributed by atoms with Gasteiger partial charge in [0.2, 0.25) is 11.8 Å². The molecule has 154 valence electrons. The lowest BCUT2D eigenvalue weighted by Gasteiger charge is -2.32. The van der Waals surface area contributed by atoms with Gasteiger partial charge in [-0.2, -0.15) is 0 Å². The lowest BCUT2D eigenvalue weighted by molar-refractivity contribution is -0.132. The number of nitrogens with zero attached hydrogens (tertiary/aromatic N) is 1. The van der Waals surface area contributed by atoms with Crippen LogP contribution in [0.3, 0.4) is 0 Å². The van der Waals surface area contributed by atoms with Gasteiger partial charge >= 0.3 is 0 Å². The zero-order valence-electron chi connectivity index (χ0n) is 16.4. The Kier molecular flexibility index (Phi) is 7.96. The number of halogens is 2. The molecule has 1 N–H and O–H groups in total. The summed E-state index contributed by atoms with van der Waals surface area (Å²) in [4.78, 5) is 26.6. The predicted molar refractivity (Wildman–Crippen MR) is 117 cm³/mol. The number of carbonyl (C=O) groups excluding carboxylic acids is 2. The molecular formula is C23H26Cl2N2O2. The minimum absolute atomic E-state index is 0.0625. The van der Waals surface area contributed by atoms with Crippen LogP contribution in [-0.4, -0.2) is 35.8 Å². The Labute approximate surface area is 182 Å². The first-order valence-electron chi connectivity index (χ1n) is 10.1. The molecule has 0 unspecified atom stereocenters. The number of hydrogen-bond acceptors (Lipinski definition) is 2. The summed E-state index contributed by atoms with van der Waals surface area (Å²) in [6, 6.07) is 15.3. The van der Waals surface area contributed by atoms with Gasteiger partial charge in [-0.3, -0.25) is 9.59 Å². The fourth-order valence-corrected chi connectivity index (χ4v) is 3.79. The topological polar surface area (TPSA) is 49.4 Å². The standard InChI is InChI=1S/C23H26Cl2N2O2/c24-19-7-1-17(2-8-19)5-11-22(28)26-21-13-15-27(16-14-21)23(29)12-6-18-3-9-20(25)10-4-18/h1-4,7-10,21H,5-6,11-16H2,(H,26,28). The van der Waals surface area contributed by atoms with Crippen LogP contribution in [0.2, 0.25) is 10.0 Å². The lowest BCUT2D eigenvalue weighted by Crippen LogP contribution is -2.46. The van der Waals surface area contributed by atoms with E-state index in [-0.39, 0.29) is 17.9 Å². The Morgan fingerprint density at radius 3 is 1.83 bits per heavy atom. The maximum absolute atomic E-state index is 12.5. The molecule has 2 aromatic carbocycles. The van der Waals surface area contributed by atoms with Crippen molar-refractivity contribution in [3.05, 3.63) is 69.7 Å². The second-order valence-electron chi connectivity index (χ2n) is 7.48. The van der Waals surface area contributed by atoms with Gasteiger partial charge in [0.25, 0.3) is 0 Å². The number of benzene rings is 2. The summed E-state index contributed by atoms with van der Waals surface area (Å²) in [5, 5.41) is 4.52. The van der Waals surface area contributed by atoms with Crippen LogP contribution in [0.25, 0.3) is 0 Å². The van der Waals surface area contributed by atoms with E-state index < -0.39 is 0 Å². The maximum Gasteiger partial charge on any atom is 0.222 e. The quantitative estimate of drug-likeness (QED) is 0.690. The van der Waals surface area contributed by atoms with Gasteiger partial charge in [-0.05, 0) is 61.1 Å². The van der Waals surface area contributed by atoms with Crippen LogP contribution in [0.5, 0.6) is 0 Å². The summed E-state index contributed by atoms with van der Waals surface area (Å²) in [5.74, 6) is 0.236. The molecule has 0 bridgehead atoms. The van der Waals surface area contributed by atoms with Crippen molar-refractivity contribution in [1.29, 1.82) is 0 Å². The predicted octanol–water partition coefficient (Wildman–Crippen LogP) is 4.67. The number of carbonyl (C=O) groups is 2. The Bertz CT molecular complexity index is 814. The van der Waals surface area contributed by atoms with Crippen molar-refractivity contribution in [3.8, 4) is 0 Å². The van der Waals surface area contributed by atoms with Crippen molar-refractivity contribution in [2.45, 2.75) is 44.6 Å². The second kappa shape index (κ2) is 10.7. The smallest absolute Gasteiger partial charge is 0.222 e. The van der Waals surface area contributed by atoms with Gasteiger partial charge in [0.15, 0.2) is 0 Å². The van der Waals surface area contributed by atoms with Gasteiger partial charge in [0.1, 0.15) is 0 Å². The summed E-state index contributed by atoms with van der Waals surface area (Å²) >= 11 is 11.8. The highest BCUT2D eigenvalue weighted by Gasteiger charge is 2.23. The first-order valence-corrected chi connectivity index (χ1v) is 10.8. The van der Waals surface area contributed by atoms with E-state index in [0.29, 0.717) is 42.4 Å². The molecule has 0 aromatic heterocycles. The number of nitrogens with one attached hydrogen (secondary N) is 1. The average molecular weight is 433 g/mol. The summed E-state index contributed by atoms with van der Waals surface area (Å²) in [6.45, 7) is 1.39. The summed E-state index contributed by atoms with van der Waals surface area (Å²) in [5.41, 5.74) is 2.22. The van der Waals surface area contributed by atoms with Crippen LogP contribution in [0, 0.1) is 0 Å². The summed E-state index contributed by atoms with van der Waals surface area (Å²) in [6.07, 6.45) is 3.99. The van der Waals surface area contributed by atoms with Gasteiger partial charge in [-0.25, -0.2) is 0 Å². The second-order valence-corrected chi connectivity index (χ2v) is 8.35. The molecule has 1 aliphatic heterocycles. The molecule has 0 radical (unpaired) electrons. The zero-order chi connectivity index (χ0) is 20.6. The van der Waals surface area contributed by atoms with Crippen LogP contribution >= 0.6 is 23.2 Å². The largest absolute Gasteiger partial charge is 0.353 e. The highest BCUT2D eigenvalue weighted by Crippen LogP contribution is 2.15. The first kappa shape index (κ1) is 21.7. The van der Waals surface area contributed by atoms with Crippen molar-refractivity contribution < 1.29 is 9.59 Å². The van der Waals surface area contributed by atoms with Crippen LogP contribution in [0.15, 0.2) is 48.5 Å². The van der Waals surface area contributed by atoms with Gasteiger partial charge in [-0.15, -0.1) is 0 Å². The number of hydrogen-bond donors (Lipinski definition) is 1. The maximum atomic E-state index is 12.5. The molecular weight excluding hydrogens is 407 g/mol. The first-order chi connectivity index (χ1) is 14.0. The molecule has 1 saturated heterocycles. The molecule has 2 aromatic rings. The van der Waals surface area contributed by atoms with E-state index >= 15 is 0 Å². The Morgan fingerprint density at radius 2 is 1.31 bits per heavy atom. The fourth-order valence-electron chi connectivity index (χ4n) is 3.54. The van der Waals surface area contributed by atoms with Gasteiger partial charge in [0.05, 0.1) is 0 Å². The Balaban J connectivity index is 1.34. The fraction of sp³-hybridized carbons (Fsp3) is 0.391. The molecule has 1 fully saturated rings. The van der Waals surface area contributed by atoms with Gasteiger partial charge in [-0.1, -0.05) is 47.5 Å². The van der Waals surface area contributed by atoms with E-state index in [1.807, 2.05) is 53.4 Å². The molecule has 6 heteroatoms. The third-order valence-corrected chi connectivity index (χ3v) is 5.81. The Morgan fingerprint density at radius 1 is 0.828 bits per heavy atom. The normalized spacial score (nSPS) is 14.6. The number of rotatable bonds is 7. The van der Waals surface area contributed by atoms with Crippen molar-refractivity contribution in [3.63, 3.8) is 0 Å². The molecule has 1 aliphatic rings. The van der Waals surface area contributed by atoms with Crippen molar-refractivity contribution in [2.75, 3.05) is 13.1 Å². The van der Waals surface area contributed by atoms with Crippen molar-refractivity contribution >= 4 is 35.0 Å². The van der Waals surface area contributed by atoms with Crippen molar-refractivity contribution in [1.82, 2.24) is 10.2 Å².